The Bertz CT molecular complexity index is 1510. The Morgan fingerprint density at radius 1 is 1.00 bits per heavy atom. The molecule has 8 nitrogen and oxygen atoms in total. The summed E-state index contributed by atoms with van der Waals surface area (Å²) in [6.07, 6.45) is 9.71. The predicted molar refractivity (Wildman–Crippen MR) is 129 cm³/mol. The largest absolute Gasteiger partial charge is 0.339 e. The molecule has 5 heterocycles. The Kier molecular flexibility index (Phi) is 4.84. The predicted octanol–water partition coefficient (Wildman–Crippen LogP) is 4.20. The molecule has 4 aromatic heterocycles. The molecule has 0 atom stereocenters. The molecular weight excluding hydrogens is 414 g/mol. The molecule has 1 fully saturated rings. The van der Waals surface area contributed by atoms with Crippen molar-refractivity contribution in [2.45, 2.75) is 19.4 Å². The van der Waals surface area contributed by atoms with Crippen molar-refractivity contribution in [3.8, 4) is 11.3 Å². The summed E-state index contributed by atoms with van der Waals surface area (Å²) in [5, 5.41) is 12.8. The van der Waals surface area contributed by atoms with Gasteiger partial charge in [-0.05, 0) is 73.3 Å². The number of rotatable bonds is 5. The van der Waals surface area contributed by atoms with Gasteiger partial charge in [0.05, 0.1) is 22.8 Å². The molecule has 6 rings (SSSR count). The standard InChI is InChI=1S/C25H23N7O/c33-25-23-17(5-6-27-25)10-21(19-9-16(12-26-13-19)15-32-7-1-2-8-32)30-24(23)29-20-4-3-18-14-28-31-22(18)11-20/h3-6,9-14H,1-2,7-8,15H2,(H,27,33)(H,28,31)(H,29,30). The number of hydrogen-bond acceptors (Lipinski definition) is 6. The molecule has 1 aromatic carbocycles. The summed E-state index contributed by atoms with van der Waals surface area (Å²) in [6, 6.07) is 11.9. The number of anilines is 2. The van der Waals surface area contributed by atoms with E-state index in [1.54, 1.807) is 12.4 Å². The maximum absolute atomic E-state index is 12.7. The lowest BCUT2D eigenvalue weighted by Crippen LogP contribution is -2.18. The normalized spacial score (nSPS) is 14.3. The second-order valence-electron chi connectivity index (χ2n) is 8.49. The van der Waals surface area contributed by atoms with Crippen molar-refractivity contribution in [2.24, 2.45) is 0 Å². The van der Waals surface area contributed by atoms with Crippen LogP contribution in [0.5, 0.6) is 0 Å². The highest BCUT2D eigenvalue weighted by Gasteiger charge is 2.15. The number of benzene rings is 1. The van der Waals surface area contributed by atoms with Gasteiger partial charge in [-0.1, -0.05) is 0 Å². The van der Waals surface area contributed by atoms with E-state index in [1.807, 2.05) is 42.7 Å². The highest BCUT2D eigenvalue weighted by Crippen LogP contribution is 2.29. The SMILES string of the molecule is O=c1[nH]ccc2cc(-c3cncc(CN4CCCC4)c3)nc(Nc3ccc4cn[nH]c4c3)c12. The Balaban J connectivity index is 1.42. The third-order valence-corrected chi connectivity index (χ3v) is 6.15. The molecule has 1 aliphatic rings. The lowest BCUT2D eigenvalue weighted by atomic mass is 10.1. The molecule has 3 N–H and O–H groups in total. The second-order valence-corrected chi connectivity index (χ2v) is 8.49. The van der Waals surface area contributed by atoms with Gasteiger partial charge in [0.2, 0.25) is 0 Å². The summed E-state index contributed by atoms with van der Waals surface area (Å²) in [6.45, 7) is 3.16. The first kappa shape index (κ1) is 19.6. The van der Waals surface area contributed by atoms with E-state index in [9.17, 15) is 4.79 Å². The van der Waals surface area contributed by atoms with Crippen LogP contribution >= 0.6 is 0 Å². The number of fused-ring (bicyclic) bond motifs is 2. The molecule has 0 aliphatic carbocycles. The molecule has 0 saturated carbocycles. The second kappa shape index (κ2) is 8.14. The Morgan fingerprint density at radius 3 is 2.82 bits per heavy atom. The van der Waals surface area contributed by atoms with E-state index >= 15 is 0 Å². The van der Waals surface area contributed by atoms with Gasteiger partial charge in [0, 0.05) is 41.8 Å². The molecule has 1 saturated heterocycles. The van der Waals surface area contributed by atoms with E-state index < -0.39 is 0 Å². The fraction of sp³-hybridized carbons (Fsp3) is 0.200. The van der Waals surface area contributed by atoms with Crippen LogP contribution in [-0.4, -0.2) is 43.1 Å². The van der Waals surface area contributed by atoms with E-state index in [0.717, 1.165) is 52.9 Å². The Hall–Kier alpha value is -4.04. The molecule has 0 radical (unpaired) electrons. The lowest BCUT2D eigenvalue weighted by Gasteiger charge is -2.15. The summed E-state index contributed by atoms with van der Waals surface area (Å²) >= 11 is 0. The zero-order chi connectivity index (χ0) is 22.2. The van der Waals surface area contributed by atoms with Gasteiger partial charge in [0.15, 0.2) is 0 Å². The molecule has 33 heavy (non-hydrogen) atoms. The van der Waals surface area contributed by atoms with Gasteiger partial charge in [0.25, 0.3) is 5.56 Å². The van der Waals surface area contributed by atoms with Gasteiger partial charge in [-0.2, -0.15) is 5.10 Å². The van der Waals surface area contributed by atoms with Gasteiger partial charge >= 0.3 is 0 Å². The van der Waals surface area contributed by atoms with Crippen molar-refractivity contribution in [3.05, 3.63) is 77.1 Å². The van der Waals surface area contributed by atoms with Crippen LogP contribution in [0.25, 0.3) is 32.9 Å². The number of aromatic nitrogens is 5. The summed E-state index contributed by atoms with van der Waals surface area (Å²) in [5.74, 6) is 0.508. The minimum absolute atomic E-state index is 0.183. The van der Waals surface area contributed by atoms with E-state index in [0.29, 0.717) is 11.2 Å². The monoisotopic (exact) mass is 437 g/mol. The van der Waals surface area contributed by atoms with Crippen molar-refractivity contribution < 1.29 is 0 Å². The highest BCUT2D eigenvalue weighted by molar-refractivity contribution is 5.95. The summed E-state index contributed by atoms with van der Waals surface area (Å²) < 4.78 is 0. The molecule has 0 spiro atoms. The van der Waals surface area contributed by atoms with E-state index in [-0.39, 0.29) is 5.56 Å². The zero-order valence-electron chi connectivity index (χ0n) is 18.0. The van der Waals surface area contributed by atoms with Crippen molar-refractivity contribution in [2.75, 3.05) is 18.4 Å². The van der Waals surface area contributed by atoms with Gasteiger partial charge < -0.3 is 10.3 Å². The third-order valence-electron chi connectivity index (χ3n) is 6.15. The Morgan fingerprint density at radius 2 is 1.91 bits per heavy atom. The number of nitrogens with zero attached hydrogens (tertiary/aromatic N) is 4. The van der Waals surface area contributed by atoms with Crippen LogP contribution in [0.15, 0.2) is 66.0 Å². The van der Waals surface area contributed by atoms with Crippen LogP contribution in [0.4, 0.5) is 11.5 Å². The lowest BCUT2D eigenvalue weighted by molar-refractivity contribution is 0.331. The minimum Gasteiger partial charge on any atom is -0.339 e. The first-order valence-electron chi connectivity index (χ1n) is 11.1. The number of nitrogens with one attached hydrogen (secondary N) is 3. The molecule has 1 aliphatic heterocycles. The van der Waals surface area contributed by atoms with Gasteiger partial charge in [0.1, 0.15) is 5.82 Å². The van der Waals surface area contributed by atoms with Crippen LogP contribution < -0.4 is 10.9 Å². The highest BCUT2D eigenvalue weighted by atomic mass is 16.1. The average Bonchev–Trinajstić information content (AvgIpc) is 3.51. The third kappa shape index (κ3) is 3.85. The van der Waals surface area contributed by atoms with Gasteiger partial charge in [-0.15, -0.1) is 0 Å². The quantitative estimate of drug-likeness (QED) is 0.381. The van der Waals surface area contributed by atoms with Gasteiger partial charge in [-0.25, -0.2) is 4.98 Å². The molecule has 0 bridgehead atoms. The van der Waals surface area contributed by atoms with E-state index in [4.69, 9.17) is 4.98 Å². The number of H-pyrrole nitrogens is 2. The van der Waals surface area contributed by atoms with E-state index in [1.165, 1.54) is 18.4 Å². The molecule has 8 heteroatoms. The molecule has 0 amide bonds. The number of pyridine rings is 3. The first-order valence-corrected chi connectivity index (χ1v) is 11.1. The molecule has 0 unspecified atom stereocenters. The summed E-state index contributed by atoms with van der Waals surface area (Å²) in [5.41, 5.74) is 4.42. The summed E-state index contributed by atoms with van der Waals surface area (Å²) in [4.78, 5) is 27.2. The maximum Gasteiger partial charge on any atom is 0.259 e. The van der Waals surface area contributed by atoms with Gasteiger partial charge in [-0.3, -0.25) is 19.8 Å². The van der Waals surface area contributed by atoms with Crippen LogP contribution in [0.2, 0.25) is 0 Å². The van der Waals surface area contributed by atoms with Crippen molar-refractivity contribution in [3.63, 3.8) is 0 Å². The average molecular weight is 438 g/mol. The Labute approximate surface area is 189 Å². The molecular formula is C25H23N7O. The van der Waals surface area contributed by atoms with Crippen molar-refractivity contribution in [1.29, 1.82) is 0 Å². The van der Waals surface area contributed by atoms with E-state index in [2.05, 4.69) is 36.4 Å². The maximum atomic E-state index is 12.7. The fourth-order valence-corrected chi connectivity index (χ4v) is 4.52. The summed E-state index contributed by atoms with van der Waals surface area (Å²) in [7, 11) is 0. The first-order chi connectivity index (χ1) is 16.2. The number of likely N-dealkylation sites (tertiary alicyclic amines) is 1. The zero-order valence-corrected chi connectivity index (χ0v) is 18.0. The van der Waals surface area contributed by atoms with Crippen LogP contribution in [0, 0.1) is 0 Å². The topological polar surface area (TPSA) is 103 Å². The van der Waals surface area contributed by atoms with Crippen LogP contribution in [-0.2, 0) is 6.54 Å². The molecule has 5 aromatic rings. The van der Waals surface area contributed by atoms with Crippen LogP contribution in [0.3, 0.4) is 0 Å². The number of aromatic amines is 2. The van der Waals surface area contributed by atoms with Crippen molar-refractivity contribution >= 4 is 33.2 Å². The van der Waals surface area contributed by atoms with Crippen LogP contribution in [0.1, 0.15) is 18.4 Å². The fourth-order valence-electron chi connectivity index (χ4n) is 4.52. The minimum atomic E-state index is -0.183. The number of hydrogen-bond donors (Lipinski definition) is 3. The van der Waals surface area contributed by atoms with Crippen molar-refractivity contribution in [1.82, 2.24) is 30.0 Å². The smallest absolute Gasteiger partial charge is 0.259 e. The molecule has 164 valence electrons.